The Morgan fingerprint density at radius 2 is 2.11 bits per heavy atom. The third kappa shape index (κ3) is 3.79. The Kier molecular flexibility index (Phi) is 5.02. The summed E-state index contributed by atoms with van der Waals surface area (Å²) in [7, 11) is -3.57. The summed E-state index contributed by atoms with van der Waals surface area (Å²) in [5, 5.41) is 0. The molecular formula is C11H17BrN2O4S. The van der Waals surface area contributed by atoms with E-state index in [1.54, 1.807) is 0 Å². The van der Waals surface area contributed by atoms with Gasteiger partial charge in [0, 0.05) is 25.8 Å². The monoisotopic (exact) mass is 352 g/mol. The third-order valence-corrected chi connectivity index (χ3v) is 5.38. The lowest BCUT2D eigenvalue weighted by Gasteiger charge is -2.21. The summed E-state index contributed by atoms with van der Waals surface area (Å²) in [5.74, 6) is 0.751. The number of nitrogens with two attached hydrogens (primary N) is 1. The van der Waals surface area contributed by atoms with Crippen LogP contribution in [0.2, 0.25) is 0 Å². The number of nitrogens with one attached hydrogen (secondary N) is 1. The maximum atomic E-state index is 12.2. The molecule has 0 amide bonds. The highest BCUT2D eigenvalue weighted by Crippen LogP contribution is 2.26. The van der Waals surface area contributed by atoms with Crippen LogP contribution in [0.3, 0.4) is 0 Å². The van der Waals surface area contributed by atoms with Gasteiger partial charge in [0.25, 0.3) is 0 Å². The van der Waals surface area contributed by atoms with Crippen molar-refractivity contribution in [3.63, 3.8) is 0 Å². The number of sulfonamides is 1. The number of ether oxygens (including phenoxy) is 1. The van der Waals surface area contributed by atoms with Gasteiger partial charge < -0.3 is 14.9 Å². The Hall–Kier alpha value is -0.410. The molecule has 1 fully saturated rings. The van der Waals surface area contributed by atoms with Crippen LogP contribution in [-0.2, 0) is 21.3 Å². The van der Waals surface area contributed by atoms with E-state index in [-0.39, 0.29) is 16.1 Å². The molecule has 0 aromatic carbocycles. The van der Waals surface area contributed by atoms with Gasteiger partial charge in [0.1, 0.15) is 10.7 Å². The zero-order chi connectivity index (χ0) is 13.9. The van der Waals surface area contributed by atoms with Crippen molar-refractivity contribution in [3.05, 3.63) is 16.5 Å². The molecule has 1 aliphatic heterocycles. The second-order valence-corrected chi connectivity index (χ2v) is 6.92. The van der Waals surface area contributed by atoms with Gasteiger partial charge in [-0.3, -0.25) is 0 Å². The van der Waals surface area contributed by atoms with Crippen molar-refractivity contribution in [2.24, 2.45) is 11.7 Å². The van der Waals surface area contributed by atoms with Gasteiger partial charge in [0.15, 0.2) is 4.67 Å². The average molecular weight is 353 g/mol. The van der Waals surface area contributed by atoms with Crippen LogP contribution in [-0.4, -0.2) is 28.2 Å². The van der Waals surface area contributed by atoms with Gasteiger partial charge in [-0.15, -0.1) is 0 Å². The molecule has 0 unspecified atom stereocenters. The van der Waals surface area contributed by atoms with E-state index in [4.69, 9.17) is 14.9 Å². The molecule has 108 valence electrons. The first-order valence-corrected chi connectivity index (χ1v) is 8.36. The van der Waals surface area contributed by atoms with Crippen LogP contribution in [0.5, 0.6) is 0 Å². The zero-order valence-corrected chi connectivity index (χ0v) is 12.8. The SMILES string of the molecule is NCc1cc(S(=O)(=O)NCC2CCOCC2)c(Br)o1. The Morgan fingerprint density at radius 3 is 2.68 bits per heavy atom. The van der Waals surface area contributed by atoms with E-state index in [2.05, 4.69) is 20.7 Å². The van der Waals surface area contributed by atoms with Crippen LogP contribution in [0.1, 0.15) is 18.6 Å². The summed E-state index contributed by atoms with van der Waals surface area (Å²) in [6, 6.07) is 1.44. The largest absolute Gasteiger partial charge is 0.452 e. The Morgan fingerprint density at radius 1 is 1.42 bits per heavy atom. The van der Waals surface area contributed by atoms with Crippen LogP contribution < -0.4 is 10.5 Å². The molecule has 0 radical (unpaired) electrons. The first kappa shape index (κ1) is 15.0. The maximum absolute atomic E-state index is 12.2. The molecule has 3 N–H and O–H groups in total. The summed E-state index contributed by atoms with van der Waals surface area (Å²) in [5.41, 5.74) is 5.42. The van der Waals surface area contributed by atoms with Gasteiger partial charge in [-0.1, -0.05) is 0 Å². The van der Waals surface area contributed by atoms with E-state index < -0.39 is 10.0 Å². The molecule has 6 nitrogen and oxygen atoms in total. The van der Waals surface area contributed by atoms with Crippen molar-refractivity contribution < 1.29 is 17.6 Å². The Bertz CT molecular complexity index is 523. The molecule has 1 aliphatic rings. The van der Waals surface area contributed by atoms with Gasteiger partial charge in [0.05, 0.1) is 6.54 Å². The molecule has 0 spiro atoms. The van der Waals surface area contributed by atoms with E-state index in [1.807, 2.05) is 0 Å². The molecule has 1 saturated heterocycles. The number of halogens is 1. The minimum Gasteiger partial charge on any atom is -0.452 e. The van der Waals surface area contributed by atoms with Crippen LogP contribution >= 0.6 is 15.9 Å². The van der Waals surface area contributed by atoms with Crippen molar-refractivity contribution in [1.82, 2.24) is 4.72 Å². The smallest absolute Gasteiger partial charge is 0.244 e. The second-order valence-electron chi connectivity index (χ2n) is 4.46. The highest BCUT2D eigenvalue weighted by atomic mass is 79.9. The Balaban J connectivity index is 2.02. The summed E-state index contributed by atoms with van der Waals surface area (Å²) in [6.07, 6.45) is 1.76. The van der Waals surface area contributed by atoms with E-state index in [0.29, 0.717) is 31.4 Å². The van der Waals surface area contributed by atoms with Gasteiger partial charge >= 0.3 is 0 Å². The lowest BCUT2D eigenvalue weighted by Crippen LogP contribution is -2.32. The quantitative estimate of drug-likeness (QED) is 0.830. The first-order chi connectivity index (χ1) is 9.03. The molecule has 1 aromatic heterocycles. The van der Waals surface area contributed by atoms with Crippen molar-refractivity contribution >= 4 is 26.0 Å². The zero-order valence-electron chi connectivity index (χ0n) is 10.4. The van der Waals surface area contributed by atoms with Crippen LogP contribution in [0.4, 0.5) is 0 Å². The fourth-order valence-electron chi connectivity index (χ4n) is 1.94. The second kappa shape index (κ2) is 6.36. The fourth-order valence-corrected chi connectivity index (χ4v) is 4.05. The molecule has 0 atom stereocenters. The highest BCUT2D eigenvalue weighted by molar-refractivity contribution is 9.10. The topological polar surface area (TPSA) is 94.6 Å². The van der Waals surface area contributed by atoms with Crippen LogP contribution in [0, 0.1) is 5.92 Å². The molecule has 8 heteroatoms. The molecule has 19 heavy (non-hydrogen) atoms. The van der Waals surface area contributed by atoms with Gasteiger partial charge in [-0.25, -0.2) is 13.1 Å². The molecule has 2 rings (SSSR count). The summed E-state index contributed by atoms with van der Waals surface area (Å²) < 4.78 is 37.5. The molecule has 0 saturated carbocycles. The predicted octanol–water partition coefficient (Wildman–Crippen LogP) is 1.21. The Labute approximate surface area is 120 Å². The molecule has 0 bridgehead atoms. The molecular weight excluding hydrogens is 336 g/mol. The first-order valence-electron chi connectivity index (χ1n) is 6.08. The highest BCUT2D eigenvalue weighted by Gasteiger charge is 2.24. The van der Waals surface area contributed by atoms with Crippen LogP contribution in [0.25, 0.3) is 0 Å². The van der Waals surface area contributed by atoms with Gasteiger partial charge in [-0.2, -0.15) is 0 Å². The minimum atomic E-state index is -3.57. The lowest BCUT2D eigenvalue weighted by molar-refractivity contribution is 0.0678. The minimum absolute atomic E-state index is 0.0972. The number of hydrogen-bond donors (Lipinski definition) is 2. The standard InChI is InChI=1S/C11H17BrN2O4S/c12-11-10(5-9(6-13)18-11)19(15,16)14-7-8-1-3-17-4-2-8/h5,8,14H,1-4,6-7,13H2. The number of rotatable bonds is 5. The summed E-state index contributed by atoms with van der Waals surface area (Å²) >= 11 is 3.10. The van der Waals surface area contributed by atoms with Crippen molar-refractivity contribution in [2.45, 2.75) is 24.3 Å². The van der Waals surface area contributed by atoms with Crippen molar-refractivity contribution in [1.29, 1.82) is 0 Å². The predicted molar refractivity (Wildman–Crippen MR) is 73.0 cm³/mol. The third-order valence-electron chi connectivity index (χ3n) is 3.10. The van der Waals surface area contributed by atoms with Gasteiger partial charge in [-0.05, 0) is 34.7 Å². The van der Waals surface area contributed by atoms with E-state index in [9.17, 15) is 8.42 Å². The average Bonchev–Trinajstić information content (AvgIpc) is 2.80. The lowest BCUT2D eigenvalue weighted by atomic mass is 10.0. The molecule has 2 heterocycles. The van der Waals surface area contributed by atoms with Crippen molar-refractivity contribution in [3.8, 4) is 0 Å². The van der Waals surface area contributed by atoms with E-state index in [0.717, 1.165) is 12.8 Å². The number of furan rings is 1. The summed E-state index contributed by atoms with van der Waals surface area (Å²) in [4.78, 5) is 0.0972. The number of hydrogen-bond acceptors (Lipinski definition) is 5. The van der Waals surface area contributed by atoms with E-state index in [1.165, 1.54) is 6.07 Å². The van der Waals surface area contributed by atoms with Crippen molar-refractivity contribution in [2.75, 3.05) is 19.8 Å². The maximum Gasteiger partial charge on any atom is 0.244 e. The van der Waals surface area contributed by atoms with E-state index >= 15 is 0 Å². The summed E-state index contributed by atoms with van der Waals surface area (Å²) in [6.45, 7) is 1.97. The molecule has 1 aromatic rings. The normalized spacial score (nSPS) is 17.8. The molecule has 0 aliphatic carbocycles. The van der Waals surface area contributed by atoms with Gasteiger partial charge in [0.2, 0.25) is 10.0 Å². The fraction of sp³-hybridized carbons (Fsp3) is 0.636. The van der Waals surface area contributed by atoms with Crippen LogP contribution in [0.15, 0.2) is 20.0 Å².